The van der Waals surface area contributed by atoms with Crippen LogP contribution in [0, 0.1) is 18.6 Å². The zero-order valence-corrected chi connectivity index (χ0v) is 18.9. The maximum absolute atomic E-state index is 14.7. The van der Waals surface area contributed by atoms with Gasteiger partial charge in [0.2, 0.25) is 0 Å². The first-order valence-electron chi connectivity index (χ1n) is 11.2. The van der Waals surface area contributed by atoms with E-state index in [1.54, 1.807) is 13.0 Å². The topological polar surface area (TPSA) is 93.4 Å². The van der Waals surface area contributed by atoms with E-state index in [1.807, 2.05) is 7.05 Å². The van der Waals surface area contributed by atoms with Crippen LogP contribution in [0.4, 0.5) is 20.3 Å². The highest BCUT2D eigenvalue weighted by molar-refractivity contribution is 6.05. The van der Waals surface area contributed by atoms with Crippen LogP contribution >= 0.6 is 0 Å². The molecule has 9 heteroatoms. The molecule has 1 aliphatic heterocycles. The number of nitrogens with two attached hydrogens (primary N) is 1. The third-order valence-electron chi connectivity index (χ3n) is 6.31. The van der Waals surface area contributed by atoms with Crippen molar-refractivity contribution < 1.29 is 18.3 Å². The first kappa shape index (κ1) is 22.2. The summed E-state index contributed by atoms with van der Waals surface area (Å²) >= 11 is 0. The predicted molar refractivity (Wildman–Crippen MR) is 125 cm³/mol. The van der Waals surface area contributed by atoms with Crippen molar-refractivity contribution in [2.45, 2.75) is 31.8 Å². The van der Waals surface area contributed by atoms with E-state index in [4.69, 9.17) is 10.5 Å². The Bertz CT molecular complexity index is 1270. The molecule has 0 bridgehead atoms. The number of ether oxygens (including phenoxy) is 1. The molecule has 2 heterocycles. The summed E-state index contributed by atoms with van der Waals surface area (Å²) in [6.45, 7) is 3.17. The fraction of sp³-hybridized carbons (Fsp3) is 0.320. The lowest BCUT2D eigenvalue weighted by Gasteiger charge is -2.36. The van der Waals surface area contributed by atoms with E-state index in [2.05, 4.69) is 20.2 Å². The fourth-order valence-corrected chi connectivity index (χ4v) is 4.21. The summed E-state index contributed by atoms with van der Waals surface area (Å²) in [5.41, 5.74) is 8.33. The second-order valence-corrected chi connectivity index (χ2v) is 8.99. The van der Waals surface area contributed by atoms with Gasteiger partial charge < -0.3 is 15.8 Å². The Morgan fingerprint density at radius 3 is 2.62 bits per heavy atom. The number of amides is 1. The number of hydrogen-bond acceptors (Lipinski definition) is 6. The number of nitrogens with one attached hydrogen (secondary N) is 1. The van der Waals surface area contributed by atoms with Crippen LogP contribution in [-0.2, 0) is 0 Å². The Hall–Kier alpha value is -3.59. The minimum Gasteiger partial charge on any atom is -0.482 e. The van der Waals surface area contributed by atoms with E-state index in [1.165, 1.54) is 30.6 Å². The number of benzene rings is 2. The minimum atomic E-state index is -0.657. The zero-order valence-electron chi connectivity index (χ0n) is 18.9. The van der Waals surface area contributed by atoms with Gasteiger partial charge in [0.15, 0.2) is 11.6 Å². The molecule has 1 saturated carbocycles. The second-order valence-electron chi connectivity index (χ2n) is 8.99. The average molecular weight is 466 g/mol. The van der Waals surface area contributed by atoms with E-state index in [0.717, 1.165) is 31.5 Å². The van der Waals surface area contributed by atoms with Crippen molar-refractivity contribution >= 4 is 17.4 Å². The summed E-state index contributed by atoms with van der Waals surface area (Å²) in [6.07, 6.45) is 3.27. The van der Waals surface area contributed by atoms with Crippen LogP contribution < -0.4 is 15.8 Å². The van der Waals surface area contributed by atoms with Gasteiger partial charge in [-0.05, 0) is 68.1 Å². The fourth-order valence-electron chi connectivity index (χ4n) is 4.21. The van der Waals surface area contributed by atoms with Crippen molar-refractivity contribution in [1.82, 2.24) is 14.9 Å². The molecule has 7 nitrogen and oxygen atoms in total. The molecule has 1 aliphatic carbocycles. The lowest BCUT2D eigenvalue weighted by Crippen LogP contribution is -2.51. The van der Waals surface area contributed by atoms with Gasteiger partial charge >= 0.3 is 0 Å². The summed E-state index contributed by atoms with van der Waals surface area (Å²) in [5, 5.41) is 2.64. The smallest absolute Gasteiger partial charge is 0.258 e. The van der Waals surface area contributed by atoms with Crippen molar-refractivity contribution in [3.05, 3.63) is 65.0 Å². The van der Waals surface area contributed by atoms with E-state index in [9.17, 15) is 13.6 Å². The quantitative estimate of drug-likeness (QED) is 0.569. The molecule has 34 heavy (non-hydrogen) atoms. The van der Waals surface area contributed by atoms with Crippen LogP contribution in [0.25, 0.3) is 11.3 Å². The Labute approximate surface area is 196 Å². The Balaban J connectivity index is 1.46. The van der Waals surface area contributed by atoms with E-state index >= 15 is 0 Å². The average Bonchev–Trinajstić information content (AvgIpc) is 3.61. The number of hydrogen-bond donors (Lipinski definition) is 2. The molecule has 1 saturated heterocycles. The largest absolute Gasteiger partial charge is 0.482 e. The molecule has 0 unspecified atom stereocenters. The summed E-state index contributed by atoms with van der Waals surface area (Å²) < 4.78 is 35.3. The van der Waals surface area contributed by atoms with E-state index in [0.29, 0.717) is 22.7 Å². The number of nitrogen functional groups attached to an aromatic ring is 1. The molecule has 2 aliphatic rings. The van der Waals surface area contributed by atoms with Crippen molar-refractivity contribution in [2.24, 2.45) is 0 Å². The van der Waals surface area contributed by atoms with Gasteiger partial charge in [-0.25, -0.2) is 18.7 Å². The molecule has 1 aromatic heterocycles. The van der Waals surface area contributed by atoms with Gasteiger partial charge in [-0.3, -0.25) is 9.69 Å². The SMILES string of the molecule is Cc1c(NC(=O)c2ccc(C3CC3)cc2F)cc(F)cc1-c1ncnc(N)c1OC1CN(C)C1. The highest BCUT2D eigenvalue weighted by atomic mass is 19.1. The van der Waals surface area contributed by atoms with Gasteiger partial charge in [-0.1, -0.05) is 6.07 Å². The normalized spacial score (nSPS) is 16.2. The predicted octanol–water partition coefficient (Wildman–Crippen LogP) is 4.13. The summed E-state index contributed by atoms with van der Waals surface area (Å²) in [4.78, 5) is 23.2. The number of nitrogens with zero attached hydrogens (tertiary/aromatic N) is 3. The van der Waals surface area contributed by atoms with Crippen molar-refractivity contribution in [2.75, 3.05) is 31.2 Å². The van der Waals surface area contributed by atoms with Crippen LogP contribution in [0.1, 0.15) is 40.2 Å². The van der Waals surface area contributed by atoms with Crippen LogP contribution in [0.5, 0.6) is 5.75 Å². The monoisotopic (exact) mass is 465 g/mol. The van der Waals surface area contributed by atoms with Gasteiger partial charge in [-0.2, -0.15) is 0 Å². The number of carbonyl (C=O) groups is 1. The summed E-state index contributed by atoms with van der Waals surface area (Å²) in [6, 6.07) is 7.14. The van der Waals surface area contributed by atoms with Gasteiger partial charge in [-0.15, -0.1) is 0 Å². The van der Waals surface area contributed by atoms with Gasteiger partial charge in [0, 0.05) is 24.3 Å². The molecular weight excluding hydrogens is 440 g/mol. The number of anilines is 2. The number of likely N-dealkylation sites (N-methyl/N-ethyl adjacent to an activating group) is 1. The molecular formula is C25H25F2N5O2. The van der Waals surface area contributed by atoms with Crippen LogP contribution in [0.15, 0.2) is 36.7 Å². The molecule has 176 valence electrons. The molecule has 0 radical (unpaired) electrons. The number of aromatic nitrogens is 2. The maximum Gasteiger partial charge on any atom is 0.258 e. The third-order valence-corrected chi connectivity index (χ3v) is 6.31. The van der Waals surface area contributed by atoms with Crippen molar-refractivity contribution in [3.63, 3.8) is 0 Å². The molecule has 1 amide bonds. The number of halogens is 2. The molecule has 0 atom stereocenters. The number of rotatable bonds is 6. The Morgan fingerprint density at radius 2 is 1.94 bits per heavy atom. The second kappa shape index (κ2) is 8.64. The van der Waals surface area contributed by atoms with Gasteiger partial charge in [0.05, 0.1) is 5.56 Å². The van der Waals surface area contributed by atoms with Crippen molar-refractivity contribution in [1.29, 1.82) is 0 Å². The number of likely N-dealkylation sites (tertiary alicyclic amines) is 1. The summed E-state index contributed by atoms with van der Waals surface area (Å²) in [5.74, 6) is -1.06. The van der Waals surface area contributed by atoms with E-state index < -0.39 is 17.5 Å². The van der Waals surface area contributed by atoms with Gasteiger partial charge in [0.1, 0.15) is 29.8 Å². The van der Waals surface area contributed by atoms with Crippen LogP contribution in [0.3, 0.4) is 0 Å². The first-order chi connectivity index (χ1) is 16.3. The number of carbonyl (C=O) groups excluding carboxylic acids is 1. The Morgan fingerprint density at radius 1 is 1.18 bits per heavy atom. The molecule has 0 spiro atoms. The molecule has 2 aromatic carbocycles. The van der Waals surface area contributed by atoms with Gasteiger partial charge in [0.25, 0.3) is 5.91 Å². The standard InChI is InChI=1S/C25H25F2N5O2/c1-13-19(22-23(24(28)30-12-29-22)34-17-10-32(2)11-17)8-16(26)9-21(13)31-25(33)18-6-5-15(7-20(18)27)14-3-4-14/h5-9,12,14,17H,3-4,10-11H2,1-2H3,(H,31,33)(H2,28,29,30). The lowest BCUT2D eigenvalue weighted by atomic mass is 10.0. The molecule has 2 fully saturated rings. The Kier molecular flexibility index (Phi) is 5.65. The van der Waals surface area contributed by atoms with Crippen LogP contribution in [-0.4, -0.2) is 47.0 Å². The van der Waals surface area contributed by atoms with Crippen molar-refractivity contribution in [3.8, 4) is 17.0 Å². The van der Waals surface area contributed by atoms with Crippen LogP contribution in [0.2, 0.25) is 0 Å². The van der Waals surface area contributed by atoms with E-state index in [-0.39, 0.29) is 28.9 Å². The summed E-state index contributed by atoms with van der Waals surface area (Å²) in [7, 11) is 1.97. The minimum absolute atomic E-state index is 0.0772. The molecule has 5 rings (SSSR count). The molecule has 3 aromatic rings. The zero-order chi connectivity index (χ0) is 24.0. The first-order valence-corrected chi connectivity index (χ1v) is 11.2. The lowest BCUT2D eigenvalue weighted by molar-refractivity contribution is 0.0393. The maximum atomic E-state index is 14.7. The molecule has 3 N–H and O–H groups in total. The third kappa shape index (κ3) is 4.31. The highest BCUT2D eigenvalue weighted by Crippen LogP contribution is 2.41. The highest BCUT2D eigenvalue weighted by Gasteiger charge is 2.29.